The summed E-state index contributed by atoms with van der Waals surface area (Å²) in [5.74, 6) is 2.70. The number of carbonyl (C=O) groups is 1. The van der Waals surface area contributed by atoms with Crippen LogP contribution in [0.5, 0.6) is 17.2 Å². The van der Waals surface area contributed by atoms with E-state index in [1.807, 2.05) is 24.3 Å². The summed E-state index contributed by atoms with van der Waals surface area (Å²) < 4.78 is 16.2. The van der Waals surface area contributed by atoms with E-state index in [4.69, 9.17) is 25.8 Å². The summed E-state index contributed by atoms with van der Waals surface area (Å²) in [6, 6.07) is 21.3. The molecule has 1 fully saturated rings. The standard InChI is InChI=1S/C28H31ClN2O4/c1-33-24-10-8-20(9-11-24)25-18-31(16-19-7-12-26(34-2)27(13-19)35-3)17-22(25)15-30-28(32)21-5-4-6-23(29)14-21/h4-14,22,25H,15-18H2,1-3H3,(H,30,32)/t22-,25+/m0/s1. The highest BCUT2D eigenvalue weighted by Crippen LogP contribution is 2.35. The Morgan fingerprint density at radius 3 is 2.40 bits per heavy atom. The normalized spacial score (nSPS) is 17.7. The summed E-state index contributed by atoms with van der Waals surface area (Å²) >= 11 is 6.07. The van der Waals surface area contributed by atoms with Gasteiger partial charge in [-0.2, -0.15) is 0 Å². The highest BCUT2D eigenvalue weighted by Gasteiger charge is 2.34. The van der Waals surface area contributed by atoms with Crippen molar-refractivity contribution in [3.05, 3.63) is 88.4 Å². The summed E-state index contributed by atoms with van der Waals surface area (Å²) in [5, 5.41) is 3.67. The maximum absolute atomic E-state index is 12.8. The van der Waals surface area contributed by atoms with Gasteiger partial charge in [0.1, 0.15) is 5.75 Å². The summed E-state index contributed by atoms with van der Waals surface area (Å²) in [4.78, 5) is 15.2. The maximum atomic E-state index is 12.8. The van der Waals surface area contributed by atoms with Crippen LogP contribution in [0.1, 0.15) is 27.4 Å². The molecule has 1 amide bonds. The van der Waals surface area contributed by atoms with E-state index in [-0.39, 0.29) is 17.7 Å². The number of halogens is 1. The lowest BCUT2D eigenvalue weighted by Crippen LogP contribution is -2.32. The van der Waals surface area contributed by atoms with Crippen LogP contribution in [-0.2, 0) is 6.54 Å². The molecular formula is C28H31ClN2O4. The molecule has 3 aromatic carbocycles. The Balaban J connectivity index is 1.50. The maximum Gasteiger partial charge on any atom is 0.251 e. The van der Waals surface area contributed by atoms with Crippen LogP contribution in [0.25, 0.3) is 0 Å². The first-order valence-electron chi connectivity index (χ1n) is 11.6. The zero-order valence-electron chi connectivity index (χ0n) is 20.3. The molecule has 0 spiro atoms. The van der Waals surface area contributed by atoms with Crippen LogP contribution >= 0.6 is 11.6 Å². The van der Waals surface area contributed by atoms with Gasteiger partial charge in [0.25, 0.3) is 5.91 Å². The molecule has 0 saturated carbocycles. The molecule has 3 aromatic rings. The first-order valence-corrected chi connectivity index (χ1v) is 12.0. The SMILES string of the molecule is COc1ccc([C@H]2CN(Cc3ccc(OC)c(OC)c3)C[C@@H]2CNC(=O)c2cccc(Cl)c2)cc1. The van der Waals surface area contributed by atoms with Crippen molar-refractivity contribution in [1.29, 1.82) is 0 Å². The summed E-state index contributed by atoms with van der Waals surface area (Å²) in [6.45, 7) is 3.11. The van der Waals surface area contributed by atoms with Crippen molar-refractivity contribution in [3.63, 3.8) is 0 Å². The number of methoxy groups -OCH3 is 3. The van der Waals surface area contributed by atoms with Gasteiger partial charge < -0.3 is 19.5 Å². The highest BCUT2D eigenvalue weighted by molar-refractivity contribution is 6.30. The molecule has 1 N–H and O–H groups in total. The fourth-order valence-corrected chi connectivity index (χ4v) is 4.91. The second-order valence-corrected chi connectivity index (χ2v) is 9.18. The van der Waals surface area contributed by atoms with Gasteiger partial charge in [0.05, 0.1) is 21.3 Å². The Bertz CT molecular complexity index is 1150. The zero-order chi connectivity index (χ0) is 24.8. The van der Waals surface area contributed by atoms with Gasteiger partial charge >= 0.3 is 0 Å². The number of nitrogens with one attached hydrogen (secondary N) is 1. The number of ether oxygens (including phenoxy) is 3. The molecule has 0 bridgehead atoms. The molecule has 0 unspecified atom stereocenters. The topological polar surface area (TPSA) is 60.0 Å². The third-order valence-electron chi connectivity index (χ3n) is 6.53. The molecule has 4 rings (SSSR count). The molecule has 0 aliphatic carbocycles. The molecular weight excluding hydrogens is 464 g/mol. The molecule has 184 valence electrons. The van der Waals surface area contributed by atoms with Crippen molar-refractivity contribution < 1.29 is 19.0 Å². The Morgan fingerprint density at radius 2 is 1.71 bits per heavy atom. The minimum absolute atomic E-state index is 0.112. The molecule has 1 heterocycles. The molecule has 0 aromatic heterocycles. The minimum Gasteiger partial charge on any atom is -0.497 e. The van der Waals surface area contributed by atoms with Gasteiger partial charge in [-0.05, 0) is 59.5 Å². The van der Waals surface area contributed by atoms with Crippen LogP contribution < -0.4 is 19.5 Å². The van der Waals surface area contributed by atoms with Crippen LogP contribution in [0.2, 0.25) is 5.02 Å². The molecule has 2 atom stereocenters. The van der Waals surface area contributed by atoms with Crippen LogP contribution in [0, 0.1) is 5.92 Å². The Hall–Kier alpha value is -3.22. The van der Waals surface area contributed by atoms with Crippen LogP contribution in [0.3, 0.4) is 0 Å². The first kappa shape index (κ1) is 24.9. The van der Waals surface area contributed by atoms with Gasteiger partial charge in [-0.15, -0.1) is 0 Å². The van der Waals surface area contributed by atoms with E-state index >= 15 is 0 Å². The fourth-order valence-electron chi connectivity index (χ4n) is 4.72. The number of hydrogen-bond acceptors (Lipinski definition) is 5. The zero-order valence-corrected chi connectivity index (χ0v) is 21.0. The van der Waals surface area contributed by atoms with E-state index in [2.05, 4.69) is 28.4 Å². The summed E-state index contributed by atoms with van der Waals surface area (Å²) in [6.07, 6.45) is 0. The van der Waals surface area contributed by atoms with Gasteiger partial charge in [-0.3, -0.25) is 9.69 Å². The van der Waals surface area contributed by atoms with Gasteiger partial charge in [0, 0.05) is 42.7 Å². The molecule has 7 heteroatoms. The summed E-state index contributed by atoms with van der Waals surface area (Å²) in [5.41, 5.74) is 2.96. The number of likely N-dealkylation sites (tertiary alicyclic amines) is 1. The quantitative estimate of drug-likeness (QED) is 0.453. The lowest BCUT2D eigenvalue weighted by molar-refractivity contribution is 0.0946. The number of hydrogen-bond donors (Lipinski definition) is 1. The highest BCUT2D eigenvalue weighted by atomic mass is 35.5. The average Bonchev–Trinajstić information content (AvgIpc) is 3.29. The molecule has 1 saturated heterocycles. The van der Waals surface area contributed by atoms with Crippen molar-refractivity contribution in [2.75, 3.05) is 41.0 Å². The van der Waals surface area contributed by atoms with Gasteiger partial charge in [0.2, 0.25) is 0 Å². The molecule has 1 aliphatic heterocycles. The summed E-state index contributed by atoms with van der Waals surface area (Å²) in [7, 11) is 4.96. The van der Waals surface area contributed by atoms with Crippen LogP contribution in [0.4, 0.5) is 0 Å². The van der Waals surface area contributed by atoms with Gasteiger partial charge in [0.15, 0.2) is 11.5 Å². The van der Waals surface area contributed by atoms with Gasteiger partial charge in [-0.1, -0.05) is 35.9 Å². The Labute approximate surface area is 211 Å². The van der Waals surface area contributed by atoms with Crippen molar-refractivity contribution >= 4 is 17.5 Å². The lowest BCUT2D eigenvalue weighted by Gasteiger charge is -2.19. The van der Waals surface area contributed by atoms with E-state index in [0.29, 0.717) is 17.1 Å². The minimum atomic E-state index is -0.112. The van der Waals surface area contributed by atoms with E-state index in [0.717, 1.165) is 42.4 Å². The number of nitrogens with zero attached hydrogens (tertiary/aromatic N) is 1. The largest absolute Gasteiger partial charge is 0.497 e. The second kappa shape index (κ2) is 11.5. The van der Waals surface area contributed by atoms with Crippen LogP contribution in [-0.4, -0.2) is 51.8 Å². The number of rotatable bonds is 9. The molecule has 0 radical (unpaired) electrons. The van der Waals surface area contributed by atoms with Crippen molar-refractivity contribution in [2.45, 2.75) is 12.5 Å². The van der Waals surface area contributed by atoms with E-state index in [1.54, 1.807) is 45.6 Å². The predicted octanol–water partition coefficient (Wildman–Crippen LogP) is 5.01. The van der Waals surface area contributed by atoms with Crippen LogP contribution in [0.15, 0.2) is 66.7 Å². The monoisotopic (exact) mass is 494 g/mol. The number of benzene rings is 3. The van der Waals surface area contributed by atoms with E-state index in [1.165, 1.54) is 5.56 Å². The average molecular weight is 495 g/mol. The van der Waals surface area contributed by atoms with E-state index < -0.39 is 0 Å². The van der Waals surface area contributed by atoms with Gasteiger partial charge in [-0.25, -0.2) is 0 Å². The molecule has 1 aliphatic rings. The third kappa shape index (κ3) is 6.08. The van der Waals surface area contributed by atoms with E-state index in [9.17, 15) is 4.79 Å². The first-order chi connectivity index (χ1) is 17.0. The number of amides is 1. The van der Waals surface area contributed by atoms with Crippen molar-refractivity contribution in [2.24, 2.45) is 5.92 Å². The predicted molar refractivity (Wildman–Crippen MR) is 138 cm³/mol. The lowest BCUT2D eigenvalue weighted by atomic mass is 9.89. The smallest absolute Gasteiger partial charge is 0.251 e. The van der Waals surface area contributed by atoms with Crippen molar-refractivity contribution in [1.82, 2.24) is 10.2 Å². The second-order valence-electron chi connectivity index (χ2n) is 8.74. The third-order valence-corrected chi connectivity index (χ3v) is 6.76. The Morgan fingerprint density at radius 1 is 0.943 bits per heavy atom. The Kier molecular flexibility index (Phi) is 8.16. The fraction of sp³-hybridized carbons (Fsp3) is 0.321. The molecule has 35 heavy (non-hydrogen) atoms. The molecule has 6 nitrogen and oxygen atoms in total. The number of carbonyl (C=O) groups excluding carboxylic acids is 1. The van der Waals surface area contributed by atoms with Crippen molar-refractivity contribution in [3.8, 4) is 17.2 Å².